The lowest BCUT2D eigenvalue weighted by Crippen LogP contribution is -2.08. The number of carbonyl (C=O) groups is 1. The molecule has 0 bridgehead atoms. The second-order valence-electron chi connectivity index (χ2n) is 4.67. The number of ether oxygens (including phenoxy) is 2. The molecule has 0 radical (unpaired) electrons. The van der Waals surface area contributed by atoms with E-state index in [1.54, 1.807) is 30.3 Å². The summed E-state index contributed by atoms with van der Waals surface area (Å²) in [4.78, 5) is 22.6. The van der Waals surface area contributed by atoms with Crippen molar-refractivity contribution in [2.45, 2.75) is 13.5 Å². The zero-order valence-electron chi connectivity index (χ0n) is 12.2. The van der Waals surface area contributed by atoms with Gasteiger partial charge in [-0.2, -0.15) is 0 Å². The van der Waals surface area contributed by atoms with Gasteiger partial charge in [0.1, 0.15) is 17.9 Å². The highest BCUT2D eigenvalue weighted by Crippen LogP contribution is 2.23. The van der Waals surface area contributed by atoms with E-state index in [1.165, 1.54) is 13.2 Å². The molecule has 2 aromatic rings. The summed E-state index contributed by atoms with van der Waals surface area (Å²) >= 11 is 0. The molecule has 2 aromatic carbocycles. The maximum atomic E-state index is 12.2. The number of benzene rings is 2. The minimum atomic E-state index is -0.585. The van der Waals surface area contributed by atoms with Gasteiger partial charge in [0.05, 0.1) is 17.6 Å². The van der Waals surface area contributed by atoms with Crippen LogP contribution in [0.2, 0.25) is 0 Å². The lowest BCUT2D eigenvalue weighted by molar-refractivity contribution is -0.385. The van der Waals surface area contributed by atoms with E-state index >= 15 is 0 Å². The summed E-state index contributed by atoms with van der Waals surface area (Å²) in [6.07, 6.45) is 0. The van der Waals surface area contributed by atoms with Gasteiger partial charge in [0, 0.05) is 6.07 Å². The molecule has 0 N–H and O–H groups in total. The Balaban J connectivity index is 2.17. The van der Waals surface area contributed by atoms with Crippen molar-refractivity contribution in [3.8, 4) is 5.75 Å². The highest BCUT2D eigenvalue weighted by molar-refractivity contribution is 5.92. The molecular weight excluding hydrogens is 286 g/mol. The number of hydrogen-bond acceptors (Lipinski definition) is 5. The minimum absolute atomic E-state index is 0.0773. The summed E-state index contributed by atoms with van der Waals surface area (Å²) in [5, 5.41) is 10.9. The molecule has 6 heteroatoms. The van der Waals surface area contributed by atoms with Crippen LogP contribution < -0.4 is 4.74 Å². The third-order valence-electron chi connectivity index (χ3n) is 3.12. The zero-order chi connectivity index (χ0) is 16.1. The number of hydrogen-bond donors (Lipinski definition) is 0. The van der Waals surface area contributed by atoms with Crippen LogP contribution >= 0.6 is 0 Å². The van der Waals surface area contributed by atoms with Gasteiger partial charge >= 0.3 is 5.97 Å². The Morgan fingerprint density at radius 1 is 1.23 bits per heavy atom. The van der Waals surface area contributed by atoms with Crippen molar-refractivity contribution in [2.75, 3.05) is 7.11 Å². The first-order valence-corrected chi connectivity index (χ1v) is 6.57. The van der Waals surface area contributed by atoms with Gasteiger partial charge in [-0.15, -0.1) is 0 Å². The summed E-state index contributed by atoms with van der Waals surface area (Å²) in [5.41, 5.74) is 1.44. The number of nitrogens with zero attached hydrogens (tertiary/aromatic N) is 1. The molecule has 0 unspecified atom stereocenters. The third kappa shape index (κ3) is 3.41. The predicted octanol–water partition coefficient (Wildman–Crippen LogP) is 3.27. The smallest absolute Gasteiger partial charge is 0.342 e. The Kier molecular flexibility index (Phi) is 4.73. The number of aryl methyl sites for hydroxylation is 1. The van der Waals surface area contributed by atoms with E-state index in [4.69, 9.17) is 9.47 Å². The van der Waals surface area contributed by atoms with Crippen molar-refractivity contribution in [1.82, 2.24) is 0 Å². The number of esters is 1. The Morgan fingerprint density at radius 3 is 2.64 bits per heavy atom. The largest absolute Gasteiger partial charge is 0.496 e. The van der Waals surface area contributed by atoms with Gasteiger partial charge in [0.15, 0.2) is 0 Å². The SMILES string of the molecule is COc1ccc(C)cc1C(=O)OCc1ccccc1[N+](=O)[O-]. The molecule has 114 valence electrons. The van der Waals surface area contributed by atoms with Crippen LogP contribution in [0, 0.1) is 17.0 Å². The van der Waals surface area contributed by atoms with Crippen molar-refractivity contribution in [1.29, 1.82) is 0 Å². The molecule has 0 aliphatic carbocycles. The van der Waals surface area contributed by atoms with Gasteiger partial charge in [-0.1, -0.05) is 23.8 Å². The Labute approximate surface area is 127 Å². The molecule has 0 amide bonds. The number of methoxy groups -OCH3 is 1. The first-order valence-electron chi connectivity index (χ1n) is 6.57. The molecule has 0 fully saturated rings. The van der Waals surface area contributed by atoms with E-state index in [-0.39, 0.29) is 12.3 Å². The van der Waals surface area contributed by atoms with Crippen LogP contribution in [0.4, 0.5) is 5.69 Å². The monoisotopic (exact) mass is 301 g/mol. The van der Waals surface area contributed by atoms with Gasteiger partial charge in [-0.3, -0.25) is 10.1 Å². The van der Waals surface area contributed by atoms with Gasteiger partial charge in [-0.25, -0.2) is 4.79 Å². The van der Waals surface area contributed by atoms with Gasteiger partial charge < -0.3 is 9.47 Å². The summed E-state index contributed by atoms with van der Waals surface area (Å²) in [7, 11) is 1.46. The van der Waals surface area contributed by atoms with Crippen LogP contribution in [0.15, 0.2) is 42.5 Å². The normalized spacial score (nSPS) is 10.1. The van der Waals surface area contributed by atoms with Gasteiger partial charge in [-0.05, 0) is 25.1 Å². The van der Waals surface area contributed by atoms with E-state index in [1.807, 2.05) is 13.0 Å². The fraction of sp³-hybridized carbons (Fsp3) is 0.188. The molecule has 0 saturated carbocycles. The molecule has 0 aliphatic rings. The second-order valence-corrected chi connectivity index (χ2v) is 4.67. The fourth-order valence-corrected chi connectivity index (χ4v) is 2.01. The third-order valence-corrected chi connectivity index (χ3v) is 3.12. The molecule has 22 heavy (non-hydrogen) atoms. The molecule has 0 heterocycles. The standard InChI is InChI=1S/C16H15NO5/c1-11-7-8-15(21-2)13(9-11)16(18)22-10-12-5-3-4-6-14(12)17(19)20/h3-9H,10H2,1-2H3. The molecule has 0 aromatic heterocycles. The number of carbonyl (C=O) groups excluding carboxylic acids is 1. The van der Waals surface area contributed by atoms with Crippen LogP contribution in [-0.4, -0.2) is 18.0 Å². The van der Waals surface area contributed by atoms with Gasteiger partial charge in [0.2, 0.25) is 0 Å². The first-order chi connectivity index (χ1) is 10.5. The predicted molar refractivity (Wildman–Crippen MR) is 79.9 cm³/mol. The number of nitro groups is 1. The van der Waals surface area contributed by atoms with Gasteiger partial charge in [0.25, 0.3) is 5.69 Å². The number of nitro benzene ring substituents is 1. The average Bonchev–Trinajstić information content (AvgIpc) is 2.52. The minimum Gasteiger partial charge on any atom is -0.496 e. The molecular formula is C16H15NO5. The van der Waals surface area contributed by atoms with Crippen LogP contribution in [0.25, 0.3) is 0 Å². The van der Waals surface area contributed by atoms with Crippen molar-refractivity contribution in [3.05, 3.63) is 69.3 Å². The van der Waals surface area contributed by atoms with E-state index in [9.17, 15) is 14.9 Å². The maximum Gasteiger partial charge on any atom is 0.342 e. The van der Waals surface area contributed by atoms with Crippen molar-refractivity contribution in [3.63, 3.8) is 0 Å². The quantitative estimate of drug-likeness (QED) is 0.481. The summed E-state index contributed by atoms with van der Waals surface area (Å²) in [6.45, 7) is 1.67. The number of rotatable bonds is 5. The van der Waals surface area contributed by atoms with Crippen molar-refractivity contribution < 1.29 is 19.2 Å². The van der Waals surface area contributed by atoms with Crippen LogP contribution in [-0.2, 0) is 11.3 Å². The van der Waals surface area contributed by atoms with E-state index in [0.717, 1.165) is 5.56 Å². The first kappa shape index (κ1) is 15.5. The Bertz CT molecular complexity index is 711. The highest BCUT2D eigenvalue weighted by atomic mass is 16.6. The molecule has 0 saturated heterocycles. The lowest BCUT2D eigenvalue weighted by Gasteiger charge is -2.10. The van der Waals surface area contributed by atoms with E-state index < -0.39 is 10.9 Å². The Morgan fingerprint density at radius 2 is 1.95 bits per heavy atom. The van der Waals surface area contributed by atoms with Crippen molar-refractivity contribution >= 4 is 11.7 Å². The number of para-hydroxylation sites is 1. The van der Waals surface area contributed by atoms with Crippen LogP contribution in [0.1, 0.15) is 21.5 Å². The molecule has 0 spiro atoms. The molecule has 0 aliphatic heterocycles. The summed E-state index contributed by atoms with van der Waals surface area (Å²) in [6, 6.07) is 11.3. The second kappa shape index (κ2) is 6.71. The molecule has 2 rings (SSSR count). The molecule has 0 atom stereocenters. The average molecular weight is 301 g/mol. The lowest BCUT2D eigenvalue weighted by atomic mass is 10.1. The van der Waals surface area contributed by atoms with Crippen LogP contribution in [0.5, 0.6) is 5.75 Å². The Hall–Kier alpha value is -2.89. The highest BCUT2D eigenvalue weighted by Gasteiger charge is 2.17. The fourth-order valence-electron chi connectivity index (χ4n) is 2.01. The van der Waals surface area contributed by atoms with Crippen molar-refractivity contribution in [2.24, 2.45) is 0 Å². The summed E-state index contributed by atoms with van der Waals surface area (Å²) in [5.74, 6) is -0.183. The topological polar surface area (TPSA) is 78.7 Å². The maximum absolute atomic E-state index is 12.2. The van der Waals surface area contributed by atoms with E-state index in [0.29, 0.717) is 16.9 Å². The van der Waals surface area contributed by atoms with Crippen LogP contribution in [0.3, 0.4) is 0 Å². The summed E-state index contributed by atoms with van der Waals surface area (Å²) < 4.78 is 10.3. The van der Waals surface area contributed by atoms with E-state index in [2.05, 4.69) is 0 Å². The zero-order valence-corrected chi connectivity index (χ0v) is 12.2. The molecule has 6 nitrogen and oxygen atoms in total.